The summed E-state index contributed by atoms with van der Waals surface area (Å²) in [6, 6.07) is 11.0. The van der Waals surface area contributed by atoms with Crippen molar-refractivity contribution in [2.24, 2.45) is 0 Å². The molecule has 0 N–H and O–H groups in total. The highest BCUT2D eigenvalue weighted by molar-refractivity contribution is 5.92. The normalized spacial score (nSPS) is 11.8. The van der Waals surface area contributed by atoms with Crippen LogP contribution in [0, 0.1) is 5.82 Å². The summed E-state index contributed by atoms with van der Waals surface area (Å²) in [6.45, 7) is 0. The van der Waals surface area contributed by atoms with Crippen LogP contribution in [0.5, 0.6) is 0 Å². The first-order valence-electron chi connectivity index (χ1n) is 7.36. The van der Waals surface area contributed by atoms with Gasteiger partial charge in [0, 0.05) is 25.6 Å². The zero-order chi connectivity index (χ0) is 16.9. The van der Waals surface area contributed by atoms with E-state index < -0.39 is 6.04 Å². The Morgan fingerprint density at radius 2 is 1.96 bits per heavy atom. The Labute approximate surface area is 138 Å². The van der Waals surface area contributed by atoms with E-state index in [4.69, 9.17) is 0 Å². The van der Waals surface area contributed by atoms with Crippen molar-refractivity contribution in [1.29, 1.82) is 0 Å². The van der Waals surface area contributed by atoms with E-state index in [9.17, 15) is 9.18 Å². The second kappa shape index (κ2) is 6.95. The summed E-state index contributed by atoms with van der Waals surface area (Å²) in [6.07, 6.45) is 6.00. The lowest BCUT2D eigenvalue weighted by Gasteiger charge is -2.28. The van der Waals surface area contributed by atoms with Crippen molar-refractivity contribution in [3.8, 4) is 0 Å². The molecule has 0 radical (unpaired) electrons. The number of nitrogens with zero attached hydrogens (tertiary/aromatic N) is 4. The SMILES string of the molecule is CN(C(=O)c1cnccn1)C(c1cccc(F)c1)c1ccccn1. The number of benzene rings is 1. The fourth-order valence-electron chi connectivity index (χ4n) is 2.51. The first-order chi connectivity index (χ1) is 11.7. The molecular formula is C18H15FN4O. The van der Waals surface area contributed by atoms with Crippen molar-refractivity contribution in [2.75, 3.05) is 7.05 Å². The lowest BCUT2D eigenvalue weighted by molar-refractivity contribution is 0.0746. The summed E-state index contributed by atoms with van der Waals surface area (Å²) in [4.78, 5) is 26.5. The van der Waals surface area contributed by atoms with Gasteiger partial charge in [0.25, 0.3) is 5.91 Å². The van der Waals surface area contributed by atoms with E-state index in [2.05, 4.69) is 15.0 Å². The number of rotatable bonds is 4. The van der Waals surface area contributed by atoms with E-state index in [0.29, 0.717) is 11.3 Å². The van der Waals surface area contributed by atoms with Gasteiger partial charge in [0.2, 0.25) is 0 Å². The molecule has 0 spiro atoms. The van der Waals surface area contributed by atoms with Crippen LogP contribution in [0.1, 0.15) is 27.8 Å². The summed E-state index contributed by atoms with van der Waals surface area (Å²) in [5, 5.41) is 0. The van der Waals surface area contributed by atoms with Gasteiger partial charge in [0.1, 0.15) is 11.5 Å². The van der Waals surface area contributed by atoms with Gasteiger partial charge in [-0.1, -0.05) is 18.2 Å². The Balaban J connectivity index is 2.03. The van der Waals surface area contributed by atoms with Crippen molar-refractivity contribution in [2.45, 2.75) is 6.04 Å². The number of hydrogen-bond acceptors (Lipinski definition) is 4. The molecule has 1 aromatic carbocycles. The topological polar surface area (TPSA) is 59.0 Å². The van der Waals surface area contributed by atoms with Crippen LogP contribution >= 0.6 is 0 Å². The molecule has 3 aromatic rings. The average molecular weight is 322 g/mol. The molecular weight excluding hydrogens is 307 g/mol. The molecule has 120 valence electrons. The summed E-state index contributed by atoms with van der Waals surface area (Å²) in [5.41, 5.74) is 1.49. The Morgan fingerprint density at radius 1 is 1.08 bits per heavy atom. The second-order valence-corrected chi connectivity index (χ2v) is 5.22. The molecule has 2 aromatic heterocycles. The predicted molar refractivity (Wildman–Crippen MR) is 86.6 cm³/mol. The van der Waals surface area contributed by atoms with Crippen LogP contribution in [-0.2, 0) is 0 Å². The third kappa shape index (κ3) is 3.27. The maximum atomic E-state index is 13.7. The van der Waals surface area contributed by atoms with Crippen molar-refractivity contribution < 1.29 is 9.18 Å². The number of halogens is 1. The van der Waals surface area contributed by atoms with Crippen molar-refractivity contribution in [3.05, 3.63) is 90.0 Å². The van der Waals surface area contributed by atoms with E-state index in [1.807, 2.05) is 6.07 Å². The summed E-state index contributed by atoms with van der Waals surface area (Å²) >= 11 is 0. The quantitative estimate of drug-likeness (QED) is 0.741. The number of pyridine rings is 1. The van der Waals surface area contributed by atoms with Crippen LogP contribution in [-0.4, -0.2) is 32.8 Å². The van der Waals surface area contributed by atoms with Crippen LogP contribution in [0.4, 0.5) is 4.39 Å². The summed E-state index contributed by atoms with van der Waals surface area (Å²) < 4.78 is 13.7. The minimum Gasteiger partial charge on any atom is -0.328 e. The minimum absolute atomic E-state index is 0.220. The van der Waals surface area contributed by atoms with E-state index in [1.165, 1.54) is 35.6 Å². The zero-order valence-electron chi connectivity index (χ0n) is 13.0. The van der Waals surface area contributed by atoms with Crippen LogP contribution in [0.25, 0.3) is 0 Å². The number of aromatic nitrogens is 3. The highest BCUT2D eigenvalue weighted by Gasteiger charge is 2.26. The maximum absolute atomic E-state index is 13.7. The molecule has 24 heavy (non-hydrogen) atoms. The number of hydrogen-bond donors (Lipinski definition) is 0. The molecule has 1 amide bonds. The maximum Gasteiger partial charge on any atom is 0.274 e. The molecule has 0 bridgehead atoms. The molecule has 5 nitrogen and oxygen atoms in total. The highest BCUT2D eigenvalue weighted by atomic mass is 19.1. The fraction of sp³-hybridized carbons (Fsp3) is 0.111. The van der Waals surface area contributed by atoms with Crippen LogP contribution in [0.2, 0.25) is 0 Å². The third-order valence-electron chi connectivity index (χ3n) is 3.62. The van der Waals surface area contributed by atoms with Crippen molar-refractivity contribution in [1.82, 2.24) is 19.9 Å². The number of carbonyl (C=O) groups excluding carboxylic acids is 1. The molecule has 2 heterocycles. The Bertz CT molecular complexity index is 827. The van der Waals surface area contributed by atoms with Gasteiger partial charge >= 0.3 is 0 Å². The van der Waals surface area contributed by atoms with Crippen LogP contribution in [0.3, 0.4) is 0 Å². The van der Waals surface area contributed by atoms with Gasteiger partial charge in [-0.2, -0.15) is 0 Å². The fourth-order valence-corrected chi connectivity index (χ4v) is 2.51. The van der Waals surface area contributed by atoms with Gasteiger partial charge in [-0.25, -0.2) is 9.37 Å². The molecule has 1 unspecified atom stereocenters. The van der Waals surface area contributed by atoms with Gasteiger partial charge in [0.05, 0.1) is 17.9 Å². The number of amides is 1. The monoisotopic (exact) mass is 322 g/mol. The van der Waals surface area contributed by atoms with E-state index in [0.717, 1.165) is 0 Å². The lowest BCUT2D eigenvalue weighted by atomic mass is 10.0. The van der Waals surface area contributed by atoms with Gasteiger partial charge < -0.3 is 4.90 Å². The van der Waals surface area contributed by atoms with Gasteiger partial charge in [-0.3, -0.25) is 14.8 Å². The Morgan fingerprint density at radius 3 is 2.62 bits per heavy atom. The molecule has 0 aliphatic rings. The molecule has 1 atom stereocenters. The van der Waals surface area contributed by atoms with Gasteiger partial charge in [-0.15, -0.1) is 0 Å². The van der Waals surface area contributed by atoms with Crippen molar-refractivity contribution in [3.63, 3.8) is 0 Å². The minimum atomic E-state index is -0.531. The Kier molecular flexibility index (Phi) is 4.56. The summed E-state index contributed by atoms with van der Waals surface area (Å²) in [5.74, 6) is -0.684. The van der Waals surface area contributed by atoms with Gasteiger partial charge in [-0.05, 0) is 29.8 Å². The van der Waals surface area contributed by atoms with E-state index in [-0.39, 0.29) is 17.4 Å². The summed E-state index contributed by atoms with van der Waals surface area (Å²) in [7, 11) is 1.64. The second-order valence-electron chi connectivity index (χ2n) is 5.22. The van der Waals surface area contributed by atoms with Gasteiger partial charge in [0.15, 0.2) is 0 Å². The lowest BCUT2D eigenvalue weighted by Crippen LogP contribution is -2.33. The van der Waals surface area contributed by atoms with Crippen LogP contribution < -0.4 is 0 Å². The molecule has 0 saturated heterocycles. The molecule has 0 fully saturated rings. The highest BCUT2D eigenvalue weighted by Crippen LogP contribution is 2.27. The smallest absolute Gasteiger partial charge is 0.274 e. The zero-order valence-corrected chi connectivity index (χ0v) is 13.0. The van der Waals surface area contributed by atoms with E-state index >= 15 is 0 Å². The molecule has 3 rings (SSSR count). The predicted octanol–water partition coefficient (Wildman–Crippen LogP) is 2.87. The largest absolute Gasteiger partial charge is 0.328 e. The van der Waals surface area contributed by atoms with Crippen molar-refractivity contribution >= 4 is 5.91 Å². The first-order valence-corrected chi connectivity index (χ1v) is 7.36. The molecule has 0 aliphatic heterocycles. The standard InChI is InChI=1S/C18H15FN4O/c1-23(18(24)16-12-20-9-10-22-16)17(15-7-2-3-8-21-15)13-5-4-6-14(19)11-13/h2-12,17H,1H3. The third-order valence-corrected chi connectivity index (χ3v) is 3.62. The van der Waals surface area contributed by atoms with Crippen LogP contribution in [0.15, 0.2) is 67.3 Å². The number of carbonyl (C=O) groups is 1. The Hall–Kier alpha value is -3.15. The molecule has 0 aliphatic carbocycles. The average Bonchev–Trinajstić information content (AvgIpc) is 2.63. The first kappa shape index (κ1) is 15.7. The molecule has 6 heteroatoms. The molecule has 0 saturated carbocycles. The van der Waals surface area contributed by atoms with E-state index in [1.54, 1.807) is 37.5 Å².